The fourth-order valence-corrected chi connectivity index (χ4v) is 2.96. The highest BCUT2D eigenvalue weighted by Crippen LogP contribution is 2.36. The second kappa shape index (κ2) is 7.50. The van der Waals surface area contributed by atoms with Gasteiger partial charge in [-0.1, -0.05) is 29.3 Å². The Morgan fingerprint density at radius 1 is 1.35 bits per heavy atom. The zero-order valence-electron chi connectivity index (χ0n) is 13.2. The maximum Gasteiger partial charge on any atom is 0.337 e. The van der Waals surface area contributed by atoms with Gasteiger partial charge in [-0.3, -0.25) is 0 Å². The largest absolute Gasteiger partial charge is 0.496 e. The van der Waals surface area contributed by atoms with Crippen LogP contribution in [0.1, 0.15) is 31.4 Å². The van der Waals surface area contributed by atoms with E-state index in [9.17, 15) is 9.59 Å². The van der Waals surface area contributed by atoms with Crippen LogP contribution >= 0.6 is 15.9 Å². The molecular formula is C16H19BrN2O4. The van der Waals surface area contributed by atoms with Gasteiger partial charge in [0.1, 0.15) is 5.75 Å². The van der Waals surface area contributed by atoms with Gasteiger partial charge in [0.25, 0.3) is 0 Å². The Kier molecular flexibility index (Phi) is 5.65. The molecule has 124 valence electrons. The maximum atomic E-state index is 12.3. The minimum atomic E-state index is -0.634. The van der Waals surface area contributed by atoms with Crippen LogP contribution in [-0.2, 0) is 9.53 Å². The van der Waals surface area contributed by atoms with Crippen molar-refractivity contribution in [3.05, 3.63) is 39.5 Å². The molecule has 0 saturated carbocycles. The average molecular weight is 383 g/mol. The molecule has 1 aromatic rings. The molecule has 1 aliphatic heterocycles. The van der Waals surface area contributed by atoms with Gasteiger partial charge in [0, 0.05) is 15.7 Å². The lowest BCUT2D eigenvalue weighted by Crippen LogP contribution is -2.46. The second-order valence-electron chi connectivity index (χ2n) is 5.05. The Bertz CT molecular complexity index is 657. The van der Waals surface area contributed by atoms with Crippen LogP contribution < -0.4 is 15.4 Å². The van der Waals surface area contributed by atoms with E-state index in [4.69, 9.17) is 9.47 Å². The fraction of sp³-hybridized carbons (Fsp3) is 0.375. The molecular weight excluding hydrogens is 364 g/mol. The molecule has 6 nitrogen and oxygen atoms in total. The molecule has 2 amide bonds. The first kappa shape index (κ1) is 17.3. The number of hydrogen-bond acceptors (Lipinski definition) is 4. The zero-order valence-corrected chi connectivity index (χ0v) is 14.8. The lowest BCUT2D eigenvalue weighted by molar-refractivity contribution is -0.136. The normalized spacial score (nSPS) is 17.4. The number of methoxy groups -OCH3 is 2. The molecule has 0 radical (unpaired) electrons. The summed E-state index contributed by atoms with van der Waals surface area (Å²) in [5.41, 5.74) is 1.66. The lowest BCUT2D eigenvalue weighted by Gasteiger charge is -2.30. The van der Waals surface area contributed by atoms with E-state index in [0.717, 1.165) is 10.9 Å². The number of carbonyl (C=O) groups excluding carboxylic acids is 2. The summed E-state index contributed by atoms with van der Waals surface area (Å²) in [5.74, 6) is 0.102. The SMILES string of the molecule is CCCC1=C(C(=O)OC)C(c2cc(Br)ccc2OC)NC(=O)N1. The summed E-state index contributed by atoms with van der Waals surface area (Å²) in [6.07, 6.45) is 1.36. The van der Waals surface area contributed by atoms with Crippen molar-refractivity contribution < 1.29 is 19.1 Å². The summed E-state index contributed by atoms with van der Waals surface area (Å²) in [7, 11) is 2.87. The molecule has 1 aromatic carbocycles. The molecule has 0 fully saturated rings. The Hall–Kier alpha value is -2.02. The number of allylic oxidation sites excluding steroid dienone is 1. The molecule has 2 rings (SSSR count). The summed E-state index contributed by atoms with van der Waals surface area (Å²) in [5, 5.41) is 5.49. The minimum absolute atomic E-state index is 0.354. The summed E-state index contributed by atoms with van der Waals surface area (Å²) in [6, 6.07) is 4.45. The zero-order chi connectivity index (χ0) is 17.0. The fourth-order valence-electron chi connectivity index (χ4n) is 2.58. The molecule has 0 saturated heterocycles. The molecule has 1 atom stereocenters. The number of urea groups is 1. The molecule has 0 aliphatic carbocycles. The molecule has 1 unspecified atom stereocenters. The quantitative estimate of drug-likeness (QED) is 0.767. The Morgan fingerprint density at radius 2 is 2.09 bits per heavy atom. The Morgan fingerprint density at radius 3 is 2.70 bits per heavy atom. The molecule has 0 bridgehead atoms. The smallest absolute Gasteiger partial charge is 0.337 e. The van der Waals surface area contributed by atoms with Crippen molar-refractivity contribution in [2.75, 3.05) is 14.2 Å². The van der Waals surface area contributed by atoms with Gasteiger partial charge in [-0.15, -0.1) is 0 Å². The van der Waals surface area contributed by atoms with E-state index in [-0.39, 0.29) is 6.03 Å². The third-order valence-corrected chi connectivity index (χ3v) is 4.05. The molecule has 2 N–H and O–H groups in total. The van der Waals surface area contributed by atoms with Gasteiger partial charge in [-0.05, 0) is 24.6 Å². The predicted octanol–water partition coefficient (Wildman–Crippen LogP) is 3.04. The number of esters is 1. The standard InChI is InChI=1S/C16H19BrN2O4/c1-4-5-11-13(15(20)23-3)14(19-16(21)18-11)10-8-9(17)6-7-12(10)22-2/h6-8,14H,4-5H2,1-3H3,(H2,18,19,21). The second-order valence-corrected chi connectivity index (χ2v) is 5.97. The van der Waals surface area contributed by atoms with Crippen LogP contribution in [0, 0.1) is 0 Å². The van der Waals surface area contributed by atoms with Gasteiger partial charge >= 0.3 is 12.0 Å². The van der Waals surface area contributed by atoms with Gasteiger partial charge in [0.15, 0.2) is 0 Å². The number of rotatable bonds is 5. The van der Waals surface area contributed by atoms with Crippen LogP contribution in [0.15, 0.2) is 33.9 Å². The van der Waals surface area contributed by atoms with E-state index in [1.54, 1.807) is 13.2 Å². The summed E-state index contributed by atoms with van der Waals surface area (Å²) in [4.78, 5) is 24.3. The van der Waals surface area contributed by atoms with Crippen molar-refractivity contribution >= 4 is 27.9 Å². The number of nitrogens with one attached hydrogen (secondary N) is 2. The topological polar surface area (TPSA) is 76.7 Å². The van der Waals surface area contributed by atoms with Crippen molar-refractivity contribution in [3.8, 4) is 5.75 Å². The Labute approximate surface area is 143 Å². The van der Waals surface area contributed by atoms with Crippen LogP contribution in [0.3, 0.4) is 0 Å². The van der Waals surface area contributed by atoms with Gasteiger partial charge in [-0.25, -0.2) is 9.59 Å². The maximum absolute atomic E-state index is 12.3. The van der Waals surface area contributed by atoms with Gasteiger partial charge in [-0.2, -0.15) is 0 Å². The molecule has 23 heavy (non-hydrogen) atoms. The third kappa shape index (κ3) is 3.67. The molecule has 7 heteroatoms. The number of ether oxygens (including phenoxy) is 2. The lowest BCUT2D eigenvalue weighted by atomic mass is 9.93. The number of benzene rings is 1. The van der Waals surface area contributed by atoms with Crippen molar-refractivity contribution in [1.82, 2.24) is 10.6 Å². The summed E-state index contributed by atoms with van der Waals surface area (Å²) < 4.78 is 11.1. The van der Waals surface area contributed by atoms with Crippen LogP contribution in [-0.4, -0.2) is 26.2 Å². The van der Waals surface area contributed by atoms with E-state index in [1.807, 2.05) is 19.1 Å². The third-order valence-electron chi connectivity index (χ3n) is 3.56. The number of hydrogen-bond donors (Lipinski definition) is 2. The van der Waals surface area contributed by atoms with Gasteiger partial charge in [0.2, 0.25) is 0 Å². The molecule has 1 heterocycles. The Balaban J connectivity index is 2.61. The van der Waals surface area contributed by atoms with E-state index < -0.39 is 12.0 Å². The first-order valence-corrected chi connectivity index (χ1v) is 8.03. The van der Waals surface area contributed by atoms with Crippen LogP contribution in [0.4, 0.5) is 4.79 Å². The molecule has 1 aliphatic rings. The van der Waals surface area contributed by atoms with E-state index in [1.165, 1.54) is 7.11 Å². The minimum Gasteiger partial charge on any atom is -0.496 e. The summed E-state index contributed by atoms with van der Waals surface area (Å²) in [6.45, 7) is 1.98. The molecule has 0 spiro atoms. The van der Waals surface area contributed by atoms with Crippen molar-refractivity contribution in [1.29, 1.82) is 0 Å². The molecule has 0 aromatic heterocycles. The highest BCUT2D eigenvalue weighted by atomic mass is 79.9. The van der Waals surface area contributed by atoms with Crippen molar-refractivity contribution in [2.24, 2.45) is 0 Å². The van der Waals surface area contributed by atoms with E-state index >= 15 is 0 Å². The van der Waals surface area contributed by atoms with E-state index in [0.29, 0.717) is 29.0 Å². The number of halogens is 1. The predicted molar refractivity (Wildman–Crippen MR) is 89.1 cm³/mol. The monoisotopic (exact) mass is 382 g/mol. The van der Waals surface area contributed by atoms with Gasteiger partial charge in [0.05, 0.1) is 25.8 Å². The summed E-state index contributed by atoms with van der Waals surface area (Å²) >= 11 is 3.41. The van der Waals surface area contributed by atoms with Crippen LogP contribution in [0.25, 0.3) is 0 Å². The van der Waals surface area contributed by atoms with Crippen molar-refractivity contribution in [2.45, 2.75) is 25.8 Å². The highest BCUT2D eigenvalue weighted by Gasteiger charge is 2.34. The van der Waals surface area contributed by atoms with Crippen molar-refractivity contribution in [3.63, 3.8) is 0 Å². The average Bonchev–Trinajstić information content (AvgIpc) is 2.54. The first-order valence-electron chi connectivity index (χ1n) is 7.24. The number of carbonyl (C=O) groups is 2. The first-order chi connectivity index (χ1) is 11.0. The van der Waals surface area contributed by atoms with Crippen LogP contribution in [0.2, 0.25) is 0 Å². The van der Waals surface area contributed by atoms with E-state index in [2.05, 4.69) is 26.6 Å². The van der Waals surface area contributed by atoms with Crippen LogP contribution in [0.5, 0.6) is 5.75 Å². The van der Waals surface area contributed by atoms with Gasteiger partial charge < -0.3 is 20.1 Å². The number of amides is 2. The highest BCUT2D eigenvalue weighted by molar-refractivity contribution is 9.10.